The minimum Gasteiger partial charge on any atom is -0.455 e. The number of rotatable bonds is 3. The molecule has 0 radical (unpaired) electrons. The first-order valence-electron chi connectivity index (χ1n) is 10.5. The molecule has 6 nitrogen and oxygen atoms in total. The Kier molecular flexibility index (Phi) is 4.98. The summed E-state index contributed by atoms with van der Waals surface area (Å²) in [5.74, 6) is 0.796. The molecular weight excluding hydrogens is 410 g/mol. The van der Waals surface area contributed by atoms with Crippen molar-refractivity contribution < 1.29 is 14.0 Å². The van der Waals surface area contributed by atoms with Crippen molar-refractivity contribution in [3.8, 4) is 0 Å². The Morgan fingerprint density at radius 1 is 1.19 bits per heavy atom. The molecule has 0 spiro atoms. The van der Waals surface area contributed by atoms with Crippen LogP contribution in [0, 0.1) is 6.92 Å². The number of para-hydroxylation sites is 1. The number of nitrogens with zero attached hydrogens (tertiary/aromatic N) is 2. The SMILES string of the molecule is Cc1c(C(=O)N2c3ccccc3CC2C)oc2c1/C(=N/NC(=O)c1cccs1)CCC2. The van der Waals surface area contributed by atoms with Crippen LogP contribution in [0.25, 0.3) is 0 Å². The number of hydrogen-bond donors (Lipinski definition) is 1. The van der Waals surface area contributed by atoms with Gasteiger partial charge in [0.05, 0.1) is 10.6 Å². The maximum absolute atomic E-state index is 13.5. The van der Waals surface area contributed by atoms with Gasteiger partial charge < -0.3 is 9.32 Å². The van der Waals surface area contributed by atoms with E-state index in [0.717, 1.165) is 54.0 Å². The molecule has 2 aromatic heterocycles. The zero-order chi connectivity index (χ0) is 21.5. The quantitative estimate of drug-likeness (QED) is 0.608. The van der Waals surface area contributed by atoms with Crippen molar-refractivity contribution in [2.45, 2.75) is 45.6 Å². The molecule has 1 aliphatic heterocycles. The maximum atomic E-state index is 13.5. The van der Waals surface area contributed by atoms with Crippen molar-refractivity contribution in [1.29, 1.82) is 0 Å². The second-order valence-electron chi connectivity index (χ2n) is 8.04. The molecule has 158 valence electrons. The Balaban J connectivity index is 1.46. The number of carbonyl (C=O) groups excluding carboxylic acids is 2. The van der Waals surface area contributed by atoms with E-state index in [-0.39, 0.29) is 17.9 Å². The van der Waals surface area contributed by atoms with Gasteiger partial charge in [0.2, 0.25) is 0 Å². The fourth-order valence-corrected chi connectivity index (χ4v) is 5.16. The van der Waals surface area contributed by atoms with E-state index in [0.29, 0.717) is 10.6 Å². The van der Waals surface area contributed by atoms with Gasteiger partial charge in [0.25, 0.3) is 11.8 Å². The van der Waals surface area contributed by atoms with Gasteiger partial charge in [0.1, 0.15) is 5.76 Å². The zero-order valence-electron chi connectivity index (χ0n) is 17.5. The van der Waals surface area contributed by atoms with Crippen molar-refractivity contribution in [2.24, 2.45) is 5.10 Å². The van der Waals surface area contributed by atoms with E-state index >= 15 is 0 Å². The molecular formula is C24H23N3O3S. The molecule has 0 fully saturated rings. The number of anilines is 1. The summed E-state index contributed by atoms with van der Waals surface area (Å²) in [6.07, 6.45) is 3.19. The third-order valence-corrected chi connectivity index (χ3v) is 6.85. The molecule has 2 amide bonds. The first-order chi connectivity index (χ1) is 15.0. The number of thiophene rings is 1. The van der Waals surface area contributed by atoms with Crippen LogP contribution in [0.15, 0.2) is 51.3 Å². The van der Waals surface area contributed by atoms with Gasteiger partial charge in [0, 0.05) is 29.3 Å². The topological polar surface area (TPSA) is 74.9 Å². The van der Waals surface area contributed by atoms with Gasteiger partial charge in [-0.25, -0.2) is 5.43 Å². The van der Waals surface area contributed by atoms with Crippen molar-refractivity contribution in [3.05, 3.63) is 74.9 Å². The highest BCUT2D eigenvalue weighted by molar-refractivity contribution is 7.12. The van der Waals surface area contributed by atoms with Crippen LogP contribution in [-0.4, -0.2) is 23.6 Å². The minimum absolute atomic E-state index is 0.0737. The largest absolute Gasteiger partial charge is 0.455 e. The Labute approximate surface area is 184 Å². The summed E-state index contributed by atoms with van der Waals surface area (Å²) in [5, 5.41) is 6.26. The highest BCUT2D eigenvalue weighted by atomic mass is 32.1. The molecule has 31 heavy (non-hydrogen) atoms. The highest BCUT2D eigenvalue weighted by Gasteiger charge is 2.36. The van der Waals surface area contributed by atoms with Crippen LogP contribution in [0.4, 0.5) is 5.69 Å². The Bertz CT molecular complexity index is 1190. The normalized spacial score (nSPS) is 18.7. The van der Waals surface area contributed by atoms with Gasteiger partial charge in [-0.05, 0) is 56.2 Å². The molecule has 3 heterocycles. The van der Waals surface area contributed by atoms with Crippen LogP contribution >= 0.6 is 11.3 Å². The number of hydrogen-bond acceptors (Lipinski definition) is 5. The highest BCUT2D eigenvalue weighted by Crippen LogP contribution is 2.36. The standard InChI is InChI=1S/C24H23N3O3S/c1-14-13-16-7-3-4-9-18(16)27(14)24(29)22-15(2)21-17(8-5-10-19(21)30-22)25-26-23(28)20-11-6-12-31-20/h3-4,6-7,9,11-12,14H,5,8,10,13H2,1-2H3,(H,26,28)/b25-17+. The molecule has 1 aliphatic carbocycles. The minimum atomic E-state index is -0.227. The van der Waals surface area contributed by atoms with Crippen molar-refractivity contribution in [3.63, 3.8) is 0 Å². The molecule has 1 aromatic carbocycles. The second kappa shape index (κ2) is 7.81. The Hall–Kier alpha value is -3.19. The van der Waals surface area contributed by atoms with Crippen molar-refractivity contribution in [1.82, 2.24) is 5.43 Å². The number of benzene rings is 1. The van der Waals surface area contributed by atoms with Crippen LogP contribution in [0.3, 0.4) is 0 Å². The third-order valence-electron chi connectivity index (χ3n) is 5.98. The lowest BCUT2D eigenvalue weighted by molar-refractivity contribution is 0.0947. The molecule has 0 saturated carbocycles. The smallest absolute Gasteiger partial charge is 0.294 e. The lowest BCUT2D eigenvalue weighted by Gasteiger charge is -2.21. The van der Waals surface area contributed by atoms with Crippen LogP contribution in [0.2, 0.25) is 0 Å². The third kappa shape index (κ3) is 3.39. The van der Waals surface area contributed by atoms with Crippen molar-refractivity contribution in [2.75, 3.05) is 4.90 Å². The molecule has 0 saturated heterocycles. The lowest BCUT2D eigenvalue weighted by atomic mass is 9.93. The van der Waals surface area contributed by atoms with Crippen LogP contribution < -0.4 is 10.3 Å². The van der Waals surface area contributed by atoms with Gasteiger partial charge in [-0.2, -0.15) is 5.10 Å². The lowest BCUT2D eigenvalue weighted by Crippen LogP contribution is -2.35. The second-order valence-corrected chi connectivity index (χ2v) is 8.99. The first kappa shape index (κ1) is 19.8. The average Bonchev–Trinajstić information content (AvgIpc) is 3.49. The number of amides is 2. The zero-order valence-corrected chi connectivity index (χ0v) is 18.3. The van der Waals surface area contributed by atoms with Gasteiger partial charge in [0.15, 0.2) is 5.76 Å². The van der Waals surface area contributed by atoms with E-state index < -0.39 is 0 Å². The number of hydrazone groups is 1. The summed E-state index contributed by atoms with van der Waals surface area (Å²) < 4.78 is 6.10. The van der Waals surface area contributed by atoms with Crippen molar-refractivity contribution >= 4 is 34.6 Å². The predicted octanol–water partition coefficient (Wildman–Crippen LogP) is 4.71. The fraction of sp³-hybridized carbons (Fsp3) is 0.292. The van der Waals surface area contributed by atoms with E-state index in [9.17, 15) is 9.59 Å². The summed E-state index contributed by atoms with van der Waals surface area (Å²) in [6.45, 7) is 3.97. The monoisotopic (exact) mass is 433 g/mol. The van der Waals surface area contributed by atoms with Gasteiger partial charge in [-0.3, -0.25) is 9.59 Å². The van der Waals surface area contributed by atoms with Gasteiger partial charge >= 0.3 is 0 Å². The fourth-order valence-electron chi connectivity index (χ4n) is 4.55. The number of aryl methyl sites for hydroxylation is 1. The van der Waals surface area contributed by atoms with E-state index in [1.54, 1.807) is 6.07 Å². The number of nitrogens with one attached hydrogen (secondary N) is 1. The van der Waals surface area contributed by atoms with Crippen LogP contribution in [-0.2, 0) is 12.8 Å². The van der Waals surface area contributed by atoms with Gasteiger partial charge in [-0.15, -0.1) is 11.3 Å². The number of carbonyl (C=O) groups is 2. The summed E-state index contributed by atoms with van der Waals surface area (Å²) >= 11 is 1.37. The Morgan fingerprint density at radius 3 is 2.84 bits per heavy atom. The van der Waals surface area contributed by atoms with E-state index in [1.807, 2.05) is 41.5 Å². The van der Waals surface area contributed by atoms with Gasteiger partial charge in [-0.1, -0.05) is 24.3 Å². The summed E-state index contributed by atoms with van der Waals surface area (Å²) in [4.78, 5) is 28.3. The van der Waals surface area contributed by atoms with Crippen LogP contribution in [0.1, 0.15) is 62.4 Å². The Morgan fingerprint density at radius 2 is 2.03 bits per heavy atom. The maximum Gasteiger partial charge on any atom is 0.294 e. The molecule has 2 aliphatic rings. The molecule has 1 atom stereocenters. The van der Waals surface area contributed by atoms with E-state index in [4.69, 9.17) is 4.42 Å². The van der Waals surface area contributed by atoms with E-state index in [2.05, 4.69) is 23.5 Å². The molecule has 1 unspecified atom stereocenters. The summed E-state index contributed by atoms with van der Waals surface area (Å²) in [7, 11) is 0. The summed E-state index contributed by atoms with van der Waals surface area (Å²) in [6, 6.07) is 11.7. The van der Waals surface area contributed by atoms with E-state index in [1.165, 1.54) is 16.9 Å². The first-order valence-corrected chi connectivity index (χ1v) is 11.4. The molecule has 0 bridgehead atoms. The molecule has 7 heteroatoms. The molecule has 5 rings (SSSR count). The number of fused-ring (bicyclic) bond motifs is 2. The predicted molar refractivity (Wildman–Crippen MR) is 121 cm³/mol. The summed E-state index contributed by atoms with van der Waals surface area (Å²) in [5.41, 5.74) is 7.20. The van der Waals surface area contributed by atoms with Crippen LogP contribution in [0.5, 0.6) is 0 Å². The molecule has 1 N–H and O–H groups in total. The number of furan rings is 1. The average molecular weight is 434 g/mol. The molecule has 3 aromatic rings.